The van der Waals surface area contributed by atoms with Gasteiger partial charge in [0, 0.05) is 11.1 Å². The number of halogens is 1. The quantitative estimate of drug-likeness (QED) is 0.663. The zero-order valence-corrected chi connectivity index (χ0v) is 18.0. The monoisotopic (exact) mass is 422 g/mol. The molecule has 5 nitrogen and oxygen atoms in total. The first kappa shape index (κ1) is 22.2. The topological polar surface area (TPSA) is 66.5 Å². The number of anilines is 1. The molecule has 2 aromatic rings. The Hall–Kier alpha value is -2.05. The Bertz CT molecular complexity index is 870. The van der Waals surface area contributed by atoms with Gasteiger partial charge in [-0.05, 0) is 56.0 Å². The normalized spacial score (nSPS) is 13.6. The summed E-state index contributed by atoms with van der Waals surface area (Å²) >= 11 is 5.91. The van der Waals surface area contributed by atoms with Crippen LogP contribution in [0.15, 0.2) is 54.6 Å². The maximum absolute atomic E-state index is 12.9. The molecule has 2 atom stereocenters. The molecule has 0 aromatic heterocycles. The van der Waals surface area contributed by atoms with Gasteiger partial charge in [0.1, 0.15) is 6.04 Å². The van der Waals surface area contributed by atoms with Crippen LogP contribution in [0.5, 0.6) is 0 Å². The van der Waals surface area contributed by atoms with E-state index in [1.165, 1.54) is 9.87 Å². The van der Waals surface area contributed by atoms with E-state index in [-0.39, 0.29) is 11.9 Å². The summed E-state index contributed by atoms with van der Waals surface area (Å²) < 4.78 is 26.0. The third-order valence-electron chi connectivity index (χ3n) is 4.51. The van der Waals surface area contributed by atoms with E-state index in [4.69, 9.17) is 11.6 Å². The van der Waals surface area contributed by atoms with E-state index in [1.807, 2.05) is 25.1 Å². The van der Waals surface area contributed by atoms with Crippen LogP contribution in [-0.4, -0.2) is 32.7 Å². The minimum Gasteiger partial charge on any atom is -0.352 e. The van der Waals surface area contributed by atoms with Crippen LogP contribution in [0.4, 0.5) is 5.69 Å². The lowest BCUT2D eigenvalue weighted by Crippen LogP contribution is -2.51. The Labute approximate surface area is 172 Å². The summed E-state index contributed by atoms with van der Waals surface area (Å²) in [6, 6.07) is 15.6. The summed E-state index contributed by atoms with van der Waals surface area (Å²) in [6.07, 6.45) is 3.07. The van der Waals surface area contributed by atoms with Crippen LogP contribution in [0.2, 0.25) is 5.02 Å². The Balaban J connectivity index is 2.11. The summed E-state index contributed by atoms with van der Waals surface area (Å²) in [4.78, 5) is 12.9. The van der Waals surface area contributed by atoms with Crippen molar-refractivity contribution in [2.75, 3.05) is 10.6 Å². The Kier molecular flexibility index (Phi) is 7.89. The molecule has 2 aromatic carbocycles. The maximum atomic E-state index is 12.9. The van der Waals surface area contributed by atoms with E-state index in [9.17, 15) is 13.2 Å². The van der Waals surface area contributed by atoms with Crippen LogP contribution in [0.1, 0.15) is 32.3 Å². The number of hydrogen-bond acceptors (Lipinski definition) is 3. The highest BCUT2D eigenvalue weighted by Gasteiger charge is 2.31. The van der Waals surface area contributed by atoms with Gasteiger partial charge in [-0.3, -0.25) is 9.10 Å². The number of carbonyl (C=O) groups is 1. The zero-order chi connectivity index (χ0) is 20.7. The van der Waals surface area contributed by atoms with Gasteiger partial charge in [0.15, 0.2) is 0 Å². The Morgan fingerprint density at radius 3 is 2.25 bits per heavy atom. The minimum atomic E-state index is -3.65. The van der Waals surface area contributed by atoms with Crippen molar-refractivity contribution >= 4 is 33.2 Å². The number of rotatable bonds is 9. The van der Waals surface area contributed by atoms with E-state index in [2.05, 4.69) is 17.4 Å². The zero-order valence-electron chi connectivity index (χ0n) is 16.4. The van der Waals surface area contributed by atoms with Crippen molar-refractivity contribution in [2.24, 2.45) is 0 Å². The number of hydrogen-bond donors (Lipinski definition) is 1. The molecule has 0 heterocycles. The third-order valence-corrected chi connectivity index (χ3v) is 5.94. The van der Waals surface area contributed by atoms with Crippen molar-refractivity contribution in [3.8, 4) is 0 Å². The van der Waals surface area contributed by atoms with Gasteiger partial charge in [-0.25, -0.2) is 8.42 Å². The number of nitrogens with zero attached hydrogens (tertiary/aromatic N) is 1. The number of carbonyl (C=O) groups excluding carboxylic acids is 1. The molecule has 0 aliphatic carbocycles. The third kappa shape index (κ3) is 6.24. The smallest absolute Gasteiger partial charge is 0.244 e. The highest BCUT2D eigenvalue weighted by atomic mass is 35.5. The summed E-state index contributed by atoms with van der Waals surface area (Å²) in [6.45, 7) is 3.73. The summed E-state index contributed by atoms with van der Waals surface area (Å²) in [7, 11) is -3.65. The van der Waals surface area contributed by atoms with E-state index >= 15 is 0 Å². The molecule has 2 rings (SSSR count). The first-order chi connectivity index (χ1) is 13.2. The molecule has 152 valence electrons. The highest BCUT2D eigenvalue weighted by molar-refractivity contribution is 7.92. The van der Waals surface area contributed by atoms with Crippen molar-refractivity contribution in [2.45, 2.75) is 45.2 Å². The molecule has 0 spiro atoms. The van der Waals surface area contributed by atoms with Crippen LogP contribution in [0.3, 0.4) is 0 Å². The van der Waals surface area contributed by atoms with Gasteiger partial charge >= 0.3 is 0 Å². The average Bonchev–Trinajstić information content (AvgIpc) is 2.65. The molecule has 0 fully saturated rings. The lowest BCUT2D eigenvalue weighted by Gasteiger charge is -2.31. The van der Waals surface area contributed by atoms with E-state index in [1.54, 1.807) is 31.2 Å². The predicted molar refractivity (Wildman–Crippen MR) is 115 cm³/mol. The fourth-order valence-electron chi connectivity index (χ4n) is 3.09. The first-order valence-corrected chi connectivity index (χ1v) is 11.5. The van der Waals surface area contributed by atoms with Crippen molar-refractivity contribution in [1.29, 1.82) is 0 Å². The molecule has 0 saturated carbocycles. The molecule has 7 heteroatoms. The van der Waals surface area contributed by atoms with Crippen molar-refractivity contribution in [1.82, 2.24) is 5.32 Å². The number of nitrogens with one attached hydrogen (secondary N) is 1. The van der Waals surface area contributed by atoms with E-state index in [0.717, 1.165) is 19.1 Å². The number of benzene rings is 2. The first-order valence-electron chi connectivity index (χ1n) is 9.31. The van der Waals surface area contributed by atoms with Gasteiger partial charge in [-0.2, -0.15) is 0 Å². The average molecular weight is 423 g/mol. The molecule has 0 radical (unpaired) electrons. The van der Waals surface area contributed by atoms with Crippen molar-refractivity contribution in [3.05, 3.63) is 65.2 Å². The SMILES string of the molecule is CCC(C(=O)NC(C)CCc1ccccc1)N(c1ccc(Cl)cc1)S(C)(=O)=O. The van der Waals surface area contributed by atoms with Crippen LogP contribution in [0, 0.1) is 0 Å². The maximum Gasteiger partial charge on any atom is 0.244 e. The second-order valence-corrected chi connectivity index (χ2v) is 9.19. The van der Waals surface area contributed by atoms with Gasteiger partial charge in [0.05, 0.1) is 11.9 Å². The van der Waals surface area contributed by atoms with Gasteiger partial charge in [-0.15, -0.1) is 0 Å². The van der Waals surface area contributed by atoms with E-state index in [0.29, 0.717) is 17.1 Å². The predicted octanol–water partition coefficient (Wildman–Crippen LogP) is 4.02. The van der Waals surface area contributed by atoms with Gasteiger partial charge in [-0.1, -0.05) is 48.9 Å². The minimum absolute atomic E-state index is 0.0756. The van der Waals surface area contributed by atoms with E-state index < -0.39 is 16.1 Å². The highest BCUT2D eigenvalue weighted by Crippen LogP contribution is 2.24. The second kappa shape index (κ2) is 9.94. The Morgan fingerprint density at radius 2 is 1.71 bits per heavy atom. The Morgan fingerprint density at radius 1 is 1.11 bits per heavy atom. The summed E-state index contributed by atoms with van der Waals surface area (Å²) in [5.41, 5.74) is 1.63. The van der Waals surface area contributed by atoms with Crippen molar-refractivity contribution < 1.29 is 13.2 Å². The molecule has 0 aliphatic heterocycles. The molecule has 1 N–H and O–H groups in total. The van der Waals surface area contributed by atoms with Gasteiger partial charge in [0.2, 0.25) is 15.9 Å². The molecular formula is C21H27ClN2O3S. The van der Waals surface area contributed by atoms with Crippen LogP contribution in [0.25, 0.3) is 0 Å². The fourth-order valence-corrected chi connectivity index (χ4v) is 4.43. The molecule has 2 unspecified atom stereocenters. The number of amides is 1. The summed E-state index contributed by atoms with van der Waals surface area (Å²) in [5.74, 6) is -0.302. The standard InChI is InChI=1S/C21H27ClN2O3S/c1-4-20(24(28(3,26)27)19-14-12-18(22)13-15-19)21(25)23-16(2)10-11-17-8-6-5-7-9-17/h5-9,12-16,20H,4,10-11H2,1-3H3,(H,23,25). The van der Waals surface area contributed by atoms with Gasteiger partial charge < -0.3 is 5.32 Å². The van der Waals surface area contributed by atoms with Crippen molar-refractivity contribution in [3.63, 3.8) is 0 Å². The molecular weight excluding hydrogens is 396 g/mol. The lowest BCUT2D eigenvalue weighted by atomic mass is 10.1. The van der Waals surface area contributed by atoms with Crippen LogP contribution < -0.4 is 9.62 Å². The molecule has 28 heavy (non-hydrogen) atoms. The summed E-state index contributed by atoms with van der Waals surface area (Å²) in [5, 5.41) is 3.47. The van der Waals surface area contributed by atoms with Gasteiger partial charge in [0.25, 0.3) is 0 Å². The molecule has 0 saturated heterocycles. The number of sulfonamides is 1. The second-order valence-electron chi connectivity index (χ2n) is 6.89. The molecule has 0 aliphatic rings. The lowest BCUT2D eigenvalue weighted by molar-refractivity contribution is -0.122. The fraction of sp³-hybridized carbons (Fsp3) is 0.381. The number of aryl methyl sites for hydroxylation is 1. The molecule has 1 amide bonds. The van der Waals surface area contributed by atoms with Crippen LogP contribution in [-0.2, 0) is 21.2 Å². The largest absolute Gasteiger partial charge is 0.352 e. The van der Waals surface area contributed by atoms with Crippen LogP contribution >= 0.6 is 11.6 Å². The molecule has 0 bridgehead atoms.